The van der Waals surface area contributed by atoms with E-state index in [9.17, 15) is 19.8 Å². The molecule has 0 aliphatic carbocycles. The summed E-state index contributed by atoms with van der Waals surface area (Å²) in [6.07, 6.45) is 0. The van der Waals surface area contributed by atoms with E-state index in [0.717, 1.165) is 0 Å². The second-order valence-electron chi connectivity index (χ2n) is 6.60. The van der Waals surface area contributed by atoms with Crippen LogP contribution in [0.3, 0.4) is 0 Å². The van der Waals surface area contributed by atoms with Gasteiger partial charge in [-0.15, -0.1) is 23.5 Å². The fraction of sp³-hybridized carbons (Fsp3) is 0.200. The second-order valence-corrected chi connectivity index (χ2v) is 8.62. The number of aromatic hydroxyl groups is 4. The van der Waals surface area contributed by atoms with Crippen molar-refractivity contribution >= 4 is 45.5 Å². The van der Waals surface area contributed by atoms with Crippen molar-refractivity contribution in [2.24, 2.45) is 9.98 Å². The minimum absolute atomic E-state index is 0.0420. The van der Waals surface area contributed by atoms with Crippen molar-refractivity contribution in [1.29, 1.82) is 0 Å². The summed E-state index contributed by atoms with van der Waals surface area (Å²) < 4.78 is 0. The van der Waals surface area contributed by atoms with Crippen molar-refractivity contribution in [1.82, 2.24) is 0 Å². The maximum Gasteiger partial charge on any atom is 0.329 e. The minimum atomic E-state index is -0.972. The largest absolute Gasteiger partial charge is 0.508 e. The Morgan fingerprint density at radius 1 is 0.719 bits per heavy atom. The first-order chi connectivity index (χ1) is 15.2. The van der Waals surface area contributed by atoms with Crippen LogP contribution in [0.2, 0.25) is 0 Å². The number of rotatable bonds is 4. The van der Waals surface area contributed by atoms with Crippen LogP contribution in [0, 0.1) is 0 Å². The molecule has 2 aromatic rings. The molecule has 32 heavy (non-hydrogen) atoms. The van der Waals surface area contributed by atoms with E-state index in [1.165, 1.54) is 59.9 Å². The van der Waals surface area contributed by atoms with Gasteiger partial charge >= 0.3 is 11.9 Å². The molecule has 0 saturated heterocycles. The van der Waals surface area contributed by atoms with Crippen molar-refractivity contribution in [3.05, 3.63) is 47.5 Å². The van der Waals surface area contributed by atoms with Crippen LogP contribution in [0.1, 0.15) is 11.1 Å². The SMILES string of the molecule is O=C(O)C1CSC(c2ccc(O)cc2O)=N1.O=C(O)C1CSC(c2ccc(O)cc2O)=N1. The third-order valence-corrected chi connectivity index (χ3v) is 6.46. The molecule has 168 valence electrons. The van der Waals surface area contributed by atoms with Crippen LogP contribution in [0.5, 0.6) is 23.0 Å². The predicted molar refractivity (Wildman–Crippen MR) is 120 cm³/mol. The molecule has 0 saturated carbocycles. The summed E-state index contributed by atoms with van der Waals surface area (Å²) in [4.78, 5) is 29.4. The van der Waals surface area contributed by atoms with Gasteiger partial charge in [0.1, 0.15) is 33.1 Å². The summed E-state index contributed by atoms with van der Waals surface area (Å²) in [5.74, 6) is -1.49. The topological polar surface area (TPSA) is 180 Å². The summed E-state index contributed by atoms with van der Waals surface area (Å²) in [5.41, 5.74) is 0.901. The fourth-order valence-electron chi connectivity index (χ4n) is 2.70. The standard InChI is InChI=1S/2C10H9NO4S/c2*12-5-1-2-6(8(13)3-5)9-11-7(4-16-9)10(14)15/h2*1-3,7,12-13H,4H2,(H,14,15). The minimum Gasteiger partial charge on any atom is -0.508 e. The zero-order valence-electron chi connectivity index (χ0n) is 16.2. The number of phenolic OH excluding ortho intramolecular Hbond substituents is 4. The third kappa shape index (κ3) is 5.45. The average Bonchev–Trinajstić information content (AvgIpc) is 3.38. The van der Waals surface area contributed by atoms with Gasteiger partial charge in [0.2, 0.25) is 0 Å². The van der Waals surface area contributed by atoms with Crippen LogP contribution in [-0.4, -0.2) is 76.3 Å². The van der Waals surface area contributed by atoms with Crippen molar-refractivity contribution < 1.29 is 40.2 Å². The number of aliphatic carboxylic acids is 2. The van der Waals surface area contributed by atoms with E-state index in [-0.39, 0.29) is 23.0 Å². The zero-order chi connectivity index (χ0) is 23.4. The maximum absolute atomic E-state index is 10.7. The van der Waals surface area contributed by atoms with Crippen LogP contribution in [0.25, 0.3) is 0 Å². The van der Waals surface area contributed by atoms with Gasteiger partial charge in [-0.2, -0.15) is 0 Å². The highest BCUT2D eigenvalue weighted by atomic mass is 32.2. The lowest BCUT2D eigenvalue weighted by molar-refractivity contribution is -0.138. The Morgan fingerprint density at radius 3 is 1.38 bits per heavy atom. The average molecular weight is 479 g/mol. The van der Waals surface area contributed by atoms with Gasteiger partial charge in [-0.3, -0.25) is 9.98 Å². The highest BCUT2D eigenvalue weighted by molar-refractivity contribution is 8.15. The lowest BCUT2D eigenvalue weighted by atomic mass is 10.2. The summed E-state index contributed by atoms with van der Waals surface area (Å²) in [6, 6.07) is 6.76. The fourth-order valence-corrected chi connectivity index (χ4v) is 4.82. The molecule has 0 aromatic heterocycles. The van der Waals surface area contributed by atoms with Crippen molar-refractivity contribution in [3.63, 3.8) is 0 Å². The molecule has 0 amide bonds. The van der Waals surface area contributed by atoms with Crippen LogP contribution < -0.4 is 0 Å². The molecular formula is C20H18N2O8S2. The van der Waals surface area contributed by atoms with Crippen LogP contribution >= 0.6 is 23.5 Å². The maximum atomic E-state index is 10.7. The number of aliphatic imine (C=N–C) groups is 2. The van der Waals surface area contributed by atoms with Gasteiger partial charge in [-0.1, -0.05) is 0 Å². The van der Waals surface area contributed by atoms with E-state index >= 15 is 0 Å². The third-order valence-electron chi connectivity index (χ3n) is 4.30. The summed E-state index contributed by atoms with van der Waals surface area (Å²) in [7, 11) is 0. The highest BCUT2D eigenvalue weighted by Gasteiger charge is 2.27. The number of carboxylic acids is 2. The van der Waals surface area contributed by atoms with E-state index in [4.69, 9.17) is 20.4 Å². The molecule has 0 bridgehead atoms. The summed E-state index contributed by atoms with van der Waals surface area (Å²) in [5, 5.41) is 55.9. The number of benzene rings is 2. The Balaban J connectivity index is 0.000000181. The first kappa shape index (κ1) is 23.3. The lowest BCUT2D eigenvalue weighted by Gasteiger charge is -2.03. The molecule has 2 aliphatic heterocycles. The van der Waals surface area contributed by atoms with Crippen LogP contribution in [0.4, 0.5) is 0 Å². The Morgan fingerprint density at radius 2 is 1.09 bits per heavy atom. The Labute approximate surface area is 190 Å². The monoisotopic (exact) mass is 478 g/mol. The zero-order valence-corrected chi connectivity index (χ0v) is 17.9. The molecule has 10 nitrogen and oxygen atoms in total. The normalized spacial score (nSPS) is 19.5. The molecule has 2 atom stereocenters. The number of thioether (sulfide) groups is 2. The summed E-state index contributed by atoms with van der Waals surface area (Å²) in [6.45, 7) is 0. The lowest BCUT2D eigenvalue weighted by Crippen LogP contribution is -2.17. The number of phenols is 4. The molecule has 2 unspecified atom stereocenters. The van der Waals surface area contributed by atoms with E-state index in [1.54, 1.807) is 0 Å². The van der Waals surface area contributed by atoms with Crippen molar-refractivity contribution in [3.8, 4) is 23.0 Å². The molecular weight excluding hydrogens is 460 g/mol. The molecule has 0 fully saturated rings. The molecule has 12 heteroatoms. The molecule has 0 spiro atoms. The Hall–Kier alpha value is -3.38. The number of hydrogen-bond acceptors (Lipinski definition) is 10. The Kier molecular flexibility index (Phi) is 7.15. The van der Waals surface area contributed by atoms with Crippen molar-refractivity contribution in [2.45, 2.75) is 12.1 Å². The number of nitrogens with zero attached hydrogens (tertiary/aromatic N) is 2. The van der Waals surface area contributed by atoms with E-state index < -0.39 is 24.0 Å². The molecule has 2 aromatic carbocycles. The van der Waals surface area contributed by atoms with E-state index in [1.807, 2.05) is 0 Å². The molecule has 0 radical (unpaired) electrons. The van der Waals surface area contributed by atoms with Crippen LogP contribution in [-0.2, 0) is 9.59 Å². The van der Waals surface area contributed by atoms with Gasteiger partial charge < -0.3 is 30.6 Å². The predicted octanol–water partition coefficient (Wildman–Crippen LogP) is 2.09. The van der Waals surface area contributed by atoms with Gasteiger partial charge in [0.25, 0.3) is 0 Å². The molecule has 6 N–H and O–H groups in total. The van der Waals surface area contributed by atoms with Gasteiger partial charge in [0.05, 0.1) is 0 Å². The first-order valence-electron chi connectivity index (χ1n) is 9.07. The first-order valence-corrected chi connectivity index (χ1v) is 11.0. The highest BCUT2D eigenvalue weighted by Crippen LogP contribution is 2.32. The van der Waals surface area contributed by atoms with Gasteiger partial charge in [0.15, 0.2) is 12.1 Å². The molecule has 2 aliphatic rings. The molecule has 2 heterocycles. The number of carbonyl (C=O) groups is 2. The number of hydrogen-bond donors (Lipinski definition) is 6. The van der Waals surface area contributed by atoms with Crippen molar-refractivity contribution in [2.75, 3.05) is 11.5 Å². The Bertz CT molecular complexity index is 1030. The van der Waals surface area contributed by atoms with E-state index in [0.29, 0.717) is 32.7 Å². The van der Waals surface area contributed by atoms with Gasteiger partial charge in [-0.25, -0.2) is 9.59 Å². The molecule has 4 rings (SSSR count). The van der Waals surface area contributed by atoms with Crippen LogP contribution in [0.15, 0.2) is 46.4 Å². The second kappa shape index (κ2) is 9.83. The van der Waals surface area contributed by atoms with Gasteiger partial charge in [0, 0.05) is 34.8 Å². The quantitative estimate of drug-likeness (QED) is 0.381. The smallest absolute Gasteiger partial charge is 0.329 e. The number of carboxylic acid groups (broad SMARTS) is 2. The van der Waals surface area contributed by atoms with E-state index in [2.05, 4.69) is 9.98 Å². The van der Waals surface area contributed by atoms with Gasteiger partial charge in [-0.05, 0) is 24.3 Å². The summed E-state index contributed by atoms with van der Waals surface area (Å²) >= 11 is 2.56.